The molecule has 1 aromatic heterocycles. The van der Waals surface area contributed by atoms with E-state index in [-0.39, 0.29) is 23.3 Å². The van der Waals surface area contributed by atoms with Crippen LogP contribution in [0.3, 0.4) is 0 Å². The van der Waals surface area contributed by atoms with Crippen LogP contribution in [0.25, 0.3) is 11.8 Å². The number of rotatable bonds is 4. The summed E-state index contributed by atoms with van der Waals surface area (Å²) in [4.78, 5) is 0. The number of benzene rings is 1. The molecule has 0 saturated heterocycles. The second kappa shape index (κ2) is 6.51. The maximum Gasteiger partial charge on any atom is 0.123 e. The van der Waals surface area contributed by atoms with E-state index < -0.39 is 0 Å². The Balaban J connectivity index is 1.73. The molecule has 1 aromatic carbocycles. The first-order valence-corrected chi connectivity index (χ1v) is 9.36. The lowest BCUT2D eigenvalue weighted by Crippen LogP contribution is -2.43. The van der Waals surface area contributed by atoms with Crippen molar-refractivity contribution in [3.63, 3.8) is 0 Å². The maximum absolute atomic E-state index is 13.2. The Morgan fingerprint density at radius 2 is 2.19 bits per heavy atom. The van der Waals surface area contributed by atoms with Gasteiger partial charge in [0, 0.05) is 0 Å². The summed E-state index contributed by atoms with van der Waals surface area (Å²) in [7, 11) is 0. The molecular weight excluding hydrogens is 327 g/mol. The molecule has 3 nitrogen and oxygen atoms in total. The summed E-state index contributed by atoms with van der Waals surface area (Å²) in [6, 6.07) is 6.44. The fraction of sp³-hybridized carbons (Fsp3) is 0.409. The quantitative estimate of drug-likeness (QED) is 0.811. The molecular formula is C22H25FN2O. The Labute approximate surface area is 153 Å². The van der Waals surface area contributed by atoms with E-state index in [0.717, 1.165) is 37.1 Å². The highest BCUT2D eigenvalue weighted by molar-refractivity contribution is 5.61. The molecule has 26 heavy (non-hydrogen) atoms. The molecule has 1 heterocycles. The SMILES string of the molecule is C=CCC(O)C1CCCC2=Cc3c(cnn3-c3ccc(F)cc3)CC21C. The number of hydrogen-bond donors (Lipinski definition) is 1. The predicted octanol–water partition coefficient (Wildman–Crippen LogP) is 4.69. The number of aliphatic hydroxyl groups excluding tert-OH is 1. The molecule has 1 saturated carbocycles. The topological polar surface area (TPSA) is 38.1 Å². The first-order valence-electron chi connectivity index (χ1n) is 9.36. The van der Waals surface area contributed by atoms with Crippen LogP contribution in [0.4, 0.5) is 4.39 Å². The fourth-order valence-electron chi connectivity index (χ4n) is 4.82. The monoisotopic (exact) mass is 352 g/mol. The minimum atomic E-state index is -0.352. The van der Waals surface area contributed by atoms with Gasteiger partial charge in [-0.25, -0.2) is 9.07 Å². The van der Waals surface area contributed by atoms with Crippen LogP contribution in [0.15, 0.2) is 48.7 Å². The molecule has 2 aliphatic rings. The molecule has 0 amide bonds. The number of nitrogens with zero attached hydrogens (tertiary/aromatic N) is 2. The molecule has 2 aromatic rings. The van der Waals surface area contributed by atoms with Crippen molar-refractivity contribution in [1.82, 2.24) is 9.78 Å². The standard InChI is InChI=1S/C22H25FN2O/c1-3-5-21(26)19-7-4-6-16-12-20-15(13-22(16,19)2)14-24-25(20)18-10-8-17(23)9-11-18/h3,8-12,14,19,21,26H,1,4-7,13H2,2H3. The van der Waals surface area contributed by atoms with Gasteiger partial charge in [-0.2, -0.15) is 5.10 Å². The molecule has 4 heteroatoms. The lowest BCUT2D eigenvalue weighted by atomic mass is 9.58. The van der Waals surface area contributed by atoms with Crippen molar-refractivity contribution in [2.75, 3.05) is 0 Å². The van der Waals surface area contributed by atoms with E-state index in [0.29, 0.717) is 6.42 Å². The highest BCUT2D eigenvalue weighted by Gasteiger charge is 2.45. The average Bonchev–Trinajstić information content (AvgIpc) is 3.01. The Hall–Kier alpha value is -2.20. The second-order valence-corrected chi connectivity index (χ2v) is 7.80. The van der Waals surface area contributed by atoms with Gasteiger partial charge in [0.25, 0.3) is 0 Å². The largest absolute Gasteiger partial charge is 0.392 e. The Kier molecular flexibility index (Phi) is 4.31. The smallest absolute Gasteiger partial charge is 0.123 e. The van der Waals surface area contributed by atoms with E-state index in [1.54, 1.807) is 12.1 Å². The summed E-state index contributed by atoms with van der Waals surface area (Å²) in [5.74, 6) is -0.00477. The van der Waals surface area contributed by atoms with Gasteiger partial charge in [-0.3, -0.25) is 0 Å². The third kappa shape index (κ3) is 2.73. The van der Waals surface area contributed by atoms with Crippen LogP contribution in [0.2, 0.25) is 0 Å². The Morgan fingerprint density at radius 1 is 1.42 bits per heavy atom. The molecule has 1 N–H and O–H groups in total. The minimum absolute atomic E-state index is 0.0374. The van der Waals surface area contributed by atoms with Crippen LogP contribution < -0.4 is 0 Å². The zero-order valence-electron chi connectivity index (χ0n) is 15.2. The third-order valence-electron chi connectivity index (χ3n) is 6.21. The molecule has 0 bridgehead atoms. The van der Waals surface area contributed by atoms with Gasteiger partial charge in [0.05, 0.1) is 23.7 Å². The normalized spacial score (nSPS) is 25.8. The van der Waals surface area contributed by atoms with Gasteiger partial charge in [0.2, 0.25) is 0 Å². The molecule has 0 aliphatic heterocycles. The number of halogens is 1. The van der Waals surface area contributed by atoms with E-state index in [2.05, 4.69) is 24.7 Å². The second-order valence-electron chi connectivity index (χ2n) is 7.80. The van der Waals surface area contributed by atoms with Crippen LogP contribution in [-0.4, -0.2) is 21.0 Å². The van der Waals surface area contributed by atoms with E-state index in [4.69, 9.17) is 0 Å². The Morgan fingerprint density at radius 3 is 2.92 bits per heavy atom. The van der Waals surface area contributed by atoms with Crippen molar-refractivity contribution >= 4 is 6.08 Å². The predicted molar refractivity (Wildman–Crippen MR) is 101 cm³/mol. The van der Waals surface area contributed by atoms with Crippen molar-refractivity contribution in [3.8, 4) is 5.69 Å². The molecule has 1 fully saturated rings. The lowest BCUT2D eigenvalue weighted by molar-refractivity contribution is 0.0251. The van der Waals surface area contributed by atoms with Crippen LogP contribution >= 0.6 is 0 Å². The van der Waals surface area contributed by atoms with E-state index >= 15 is 0 Å². The molecule has 3 atom stereocenters. The first kappa shape index (κ1) is 17.2. The minimum Gasteiger partial charge on any atom is -0.392 e. The Bertz CT molecular complexity index is 852. The zero-order valence-corrected chi connectivity index (χ0v) is 15.2. The molecule has 2 aliphatic carbocycles. The van der Waals surface area contributed by atoms with Crippen LogP contribution in [-0.2, 0) is 6.42 Å². The van der Waals surface area contributed by atoms with E-state index in [1.807, 2.05) is 17.0 Å². The van der Waals surface area contributed by atoms with Gasteiger partial charge in [0.1, 0.15) is 5.82 Å². The third-order valence-corrected chi connectivity index (χ3v) is 6.21. The summed E-state index contributed by atoms with van der Waals surface area (Å²) < 4.78 is 15.1. The highest BCUT2D eigenvalue weighted by Crippen LogP contribution is 2.52. The van der Waals surface area contributed by atoms with E-state index in [1.165, 1.54) is 23.3 Å². The van der Waals surface area contributed by atoms with Crippen LogP contribution in [0, 0.1) is 17.2 Å². The molecule has 0 radical (unpaired) electrons. The van der Waals surface area contributed by atoms with Gasteiger partial charge in [-0.1, -0.05) is 18.6 Å². The molecule has 4 rings (SSSR count). The number of allylic oxidation sites excluding steroid dienone is 1. The van der Waals surface area contributed by atoms with Crippen LogP contribution in [0.5, 0.6) is 0 Å². The number of aromatic nitrogens is 2. The van der Waals surface area contributed by atoms with Gasteiger partial charge < -0.3 is 5.11 Å². The van der Waals surface area contributed by atoms with Gasteiger partial charge in [0.15, 0.2) is 0 Å². The zero-order chi connectivity index (χ0) is 18.3. The number of aliphatic hydroxyl groups is 1. The van der Waals surface area contributed by atoms with Gasteiger partial charge in [-0.05, 0) is 79.3 Å². The fourth-order valence-corrected chi connectivity index (χ4v) is 4.82. The van der Waals surface area contributed by atoms with Crippen molar-refractivity contribution in [1.29, 1.82) is 0 Å². The van der Waals surface area contributed by atoms with Gasteiger partial charge in [-0.15, -0.1) is 6.58 Å². The molecule has 0 spiro atoms. The van der Waals surface area contributed by atoms with Gasteiger partial charge >= 0.3 is 0 Å². The molecule has 136 valence electrons. The number of fused-ring (bicyclic) bond motifs is 2. The van der Waals surface area contributed by atoms with Crippen LogP contribution in [0.1, 0.15) is 43.9 Å². The van der Waals surface area contributed by atoms with Crippen molar-refractivity contribution in [2.45, 2.75) is 45.1 Å². The lowest BCUT2D eigenvalue weighted by Gasteiger charge is -2.47. The number of hydrogen-bond acceptors (Lipinski definition) is 2. The summed E-state index contributed by atoms with van der Waals surface area (Å²) in [6.45, 7) is 6.07. The summed E-state index contributed by atoms with van der Waals surface area (Å²) in [5.41, 5.74) is 4.51. The molecule has 3 unspecified atom stereocenters. The average molecular weight is 352 g/mol. The highest BCUT2D eigenvalue weighted by atomic mass is 19.1. The van der Waals surface area contributed by atoms with E-state index in [9.17, 15) is 9.50 Å². The maximum atomic E-state index is 13.2. The van der Waals surface area contributed by atoms with Crippen molar-refractivity contribution < 1.29 is 9.50 Å². The van der Waals surface area contributed by atoms with Crippen molar-refractivity contribution in [3.05, 3.63) is 65.8 Å². The summed E-state index contributed by atoms with van der Waals surface area (Å²) >= 11 is 0. The summed E-state index contributed by atoms with van der Waals surface area (Å²) in [5, 5.41) is 15.2. The first-order chi connectivity index (χ1) is 12.5. The summed E-state index contributed by atoms with van der Waals surface area (Å²) in [6.07, 6.45) is 10.3. The van der Waals surface area contributed by atoms with Crippen molar-refractivity contribution in [2.24, 2.45) is 11.3 Å².